The van der Waals surface area contributed by atoms with Crippen LogP contribution in [0.15, 0.2) is 18.2 Å². The summed E-state index contributed by atoms with van der Waals surface area (Å²) >= 11 is 1.81. The van der Waals surface area contributed by atoms with Gasteiger partial charge in [-0.15, -0.1) is 0 Å². The highest BCUT2D eigenvalue weighted by molar-refractivity contribution is 7.98. The lowest BCUT2D eigenvalue weighted by Gasteiger charge is -2.21. The van der Waals surface area contributed by atoms with Crippen LogP contribution in [-0.4, -0.2) is 36.0 Å². The van der Waals surface area contributed by atoms with Gasteiger partial charge in [-0.25, -0.2) is 4.39 Å². The van der Waals surface area contributed by atoms with Gasteiger partial charge in [-0.3, -0.25) is 0 Å². The van der Waals surface area contributed by atoms with Gasteiger partial charge in [-0.1, -0.05) is 12.1 Å². The van der Waals surface area contributed by atoms with E-state index in [0.717, 1.165) is 30.0 Å². The lowest BCUT2D eigenvalue weighted by molar-refractivity contribution is 0.341. The molecule has 114 valence electrons. The molecule has 0 radical (unpaired) electrons. The van der Waals surface area contributed by atoms with Crippen LogP contribution in [0.5, 0.6) is 0 Å². The number of nitrogens with one attached hydrogen (secondary N) is 1. The van der Waals surface area contributed by atoms with Crippen molar-refractivity contribution >= 4 is 11.8 Å². The molecule has 0 saturated carbocycles. The number of hydrogen-bond acceptors (Lipinski definition) is 3. The average molecular weight is 298 g/mol. The van der Waals surface area contributed by atoms with Crippen molar-refractivity contribution < 1.29 is 4.39 Å². The maximum Gasteiger partial charge on any atom is 0.127 e. The number of nitrogens with zero attached hydrogens (tertiary/aromatic N) is 1. The van der Waals surface area contributed by atoms with Gasteiger partial charge in [-0.05, 0) is 45.7 Å². The number of hydrogen-bond donors (Lipinski definition) is 1. The lowest BCUT2D eigenvalue weighted by Crippen LogP contribution is -2.35. The van der Waals surface area contributed by atoms with Crippen molar-refractivity contribution in [2.75, 3.05) is 25.6 Å². The van der Waals surface area contributed by atoms with E-state index in [1.54, 1.807) is 6.07 Å². The molecule has 1 rings (SSSR count). The molecule has 0 aliphatic carbocycles. The Morgan fingerprint density at radius 2 is 2.00 bits per heavy atom. The molecule has 1 N–H and O–H groups in total. The predicted molar refractivity (Wildman–Crippen MR) is 87.7 cm³/mol. The van der Waals surface area contributed by atoms with Gasteiger partial charge in [0.25, 0.3) is 0 Å². The number of thioether (sulfide) groups is 1. The Bertz CT molecular complexity index is 415. The van der Waals surface area contributed by atoms with E-state index in [0.29, 0.717) is 6.54 Å². The van der Waals surface area contributed by atoms with Crippen molar-refractivity contribution in [2.24, 2.45) is 0 Å². The van der Waals surface area contributed by atoms with E-state index in [1.165, 1.54) is 0 Å². The molecule has 0 spiro atoms. The molecule has 0 aromatic heterocycles. The minimum atomic E-state index is -0.111. The summed E-state index contributed by atoms with van der Waals surface area (Å²) in [5.41, 5.74) is 1.99. The van der Waals surface area contributed by atoms with Crippen molar-refractivity contribution in [1.29, 1.82) is 0 Å². The van der Waals surface area contributed by atoms with Gasteiger partial charge in [0, 0.05) is 36.5 Å². The first-order chi connectivity index (χ1) is 9.31. The van der Waals surface area contributed by atoms with Gasteiger partial charge in [0.05, 0.1) is 0 Å². The molecule has 20 heavy (non-hydrogen) atoms. The molecule has 0 aliphatic rings. The van der Waals surface area contributed by atoms with Crippen LogP contribution in [0, 0.1) is 5.82 Å². The highest BCUT2D eigenvalue weighted by Gasteiger charge is 2.10. The molecule has 0 unspecified atom stereocenters. The Hall–Kier alpha value is -0.580. The van der Waals surface area contributed by atoms with Crippen molar-refractivity contribution in [3.8, 4) is 0 Å². The van der Waals surface area contributed by atoms with Crippen molar-refractivity contribution in [3.63, 3.8) is 0 Å². The van der Waals surface area contributed by atoms with Crippen LogP contribution in [0.1, 0.15) is 31.9 Å². The van der Waals surface area contributed by atoms with Crippen molar-refractivity contribution in [1.82, 2.24) is 10.2 Å². The first-order valence-corrected chi connectivity index (χ1v) is 8.41. The molecule has 0 amide bonds. The number of halogens is 1. The van der Waals surface area contributed by atoms with Gasteiger partial charge >= 0.3 is 0 Å². The number of rotatable bonds is 7. The molecule has 0 saturated heterocycles. The van der Waals surface area contributed by atoms with Gasteiger partial charge in [0.2, 0.25) is 0 Å². The van der Waals surface area contributed by atoms with Gasteiger partial charge in [-0.2, -0.15) is 11.8 Å². The summed E-state index contributed by atoms with van der Waals surface area (Å²) in [5, 5.41) is 3.43. The highest BCUT2D eigenvalue weighted by atomic mass is 32.2. The van der Waals surface area contributed by atoms with Crippen LogP contribution in [0.4, 0.5) is 4.39 Å². The van der Waals surface area contributed by atoms with Crippen LogP contribution in [0.3, 0.4) is 0 Å². The highest BCUT2D eigenvalue weighted by Crippen LogP contribution is 2.14. The van der Waals surface area contributed by atoms with Gasteiger partial charge in [0.15, 0.2) is 0 Å². The summed E-state index contributed by atoms with van der Waals surface area (Å²) in [7, 11) is 2.04. The van der Waals surface area contributed by atoms with Crippen LogP contribution in [0.25, 0.3) is 0 Å². The van der Waals surface area contributed by atoms with Gasteiger partial charge < -0.3 is 10.2 Å². The predicted octanol–water partition coefficient (Wildman–Crippen LogP) is 3.51. The second-order valence-electron chi connectivity index (χ2n) is 6.26. The third-order valence-electron chi connectivity index (χ3n) is 3.05. The summed E-state index contributed by atoms with van der Waals surface area (Å²) in [6, 6.07) is 5.42. The molecule has 2 nitrogen and oxygen atoms in total. The van der Waals surface area contributed by atoms with E-state index < -0.39 is 0 Å². The fourth-order valence-electron chi connectivity index (χ4n) is 1.84. The maximum atomic E-state index is 13.9. The Morgan fingerprint density at radius 1 is 1.30 bits per heavy atom. The number of benzene rings is 1. The average Bonchev–Trinajstić information content (AvgIpc) is 2.36. The fraction of sp³-hybridized carbons (Fsp3) is 0.625. The minimum Gasteiger partial charge on any atom is -0.308 e. The topological polar surface area (TPSA) is 15.3 Å². The van der Waals surface area contributed by atoms with Crippen LogP contribution < -0.4 is 5.32 Å². The monoisotopic (exact) mass is 298 g/mol. The Kier molecular flexibility index (Phi) is 7.00. The molecular formula is C16H27FN2S. The van der Waals surface area contributed by atoms with E-state index in [2.05, 4.69) is 37.2 Å². The molecule has 0 heterocycles. The van der Waals surface area contributed by atoms with E-state index in [-0.39, 0.29) is 11.4 Å². The van der Waals surface area contributed by atoms with Crippen LogP contribution >= 0.6 is 11.8 Å². The zero-order chi connectivity index (χ0) is 15.2. The first kappa shape index (κ1) is 17.5. The summed E-state index contributed by atoms with van der Waals surface area (Å²) in [5.74, 6) is 0.962. The van der Waals surface area contributed by atoms with Crippen molar-refractivity contribution in [2.45, 2.75) is 39.4 Å². The van der Waals surface area contributed by atoms with Crippen LogP contribution in [0.2, 0.25) is 0 Å². The van der Waals surface area contributed by atoms with E-state index in [4.69, 9.17) is 0 Å². The molecule has 1 aromatic rings. The second kappa shape index (κ2) is 8.01. The molecule has 0 fully saturated rings. The standard InChI is InChI=1S/C16H27FN2S/c1-16(2,3)18-11-13-6-7-15(17)14(10-13)12-19(4)8-9-20-5/h6-7,10,18H,8-9,11-12H2,1-5H3. The summed E-state index contributed by atoms with van der Waals surface area (Å²) in [6.07, 6.45) is 2.09. The third-order valence-corrected chi connectivity index (χ3v) is 3.64. The summed E-state index contributed by atoms with van der Waals surface area (Å²) < 4.78 is 13.9. The maximum absolute atomic E-state index is 13.9. The molecular weight excluding hydrogens is 271 g/mol. The summed E-state index contributed by atoms with van der Waals surface area (Å²) in [4.78, 5) is 2.16. The zero-order valence-electron chi connectivity index (χ0n) is 13.3. The molecule has 1 aromatic carbocycles. The Balaban J connectivity index is 2.66. The second-order valence-corrected chi connectivity index (χ2v) is 7.25. The minimum absolute atomic E-state index is 0.0731. The molecule has 0 atom stereocenters. The van der Waals surface area contributed by atoms with E-state index >= 15 is 0 Å². The summed E-state index contributed by atoms with van der Waals surface area (Å²) in [6.45, 7) is 8.81. The van der Waals surface area contributed by atoms with E-state index in [1.807, 2.05) is 30.9 Å². The molecule has 0 bridgehead atoms. The normalized spacial score (nSPS) is 12.2. The van der Waals surface area contributed by atoms with Crippen LogP contribution in [-0.2, 0) is 13.1 Å². The zero-order valence-corrected chi connectivity index (χ0v) is 14.1. The smallest absolute Gasteiger partial charge is 0.127 e. The van der Waals surface area contributed by atoms with E-state index in [9.17, 15) is 4.39 Å². The quantitative estimate of drug-likeness (QED) is 0.829. The third kappa shape index (κ3) is 6.73. The largest absolute Gasteiger partial charge is 0.308 e. The van der Waals surface area contributed by atoms with Crippen molar-refractivity contribution in [3.05, 3.63) is 35.1 Å². The SMILES string of the molecule is CSCCN(C)Cc1cc(CNC(C)(C)C)ccc1F. The Morgan fingerprint density at radius 3 is 2.60 bits per heavy atom. The first-order valence-electron chi connectivity index (χ1n) is 7.01. The molecule has 0 aliphatic heterocycles. The molecule has 4 heteroatoms. The fourth-order valence-corrected chi connectivity index (χ4v) is 2.34. The van der Waals surface area contributed by atoms with Gasteiger partial charge in [0.1, 0.15) is 5.82 Å². The lowest BCUT2D eigenvalue weighted by atomic mass is 10.1. The Labute approximate surface area is 127 Å².